The summed E-state index contributed by atoms with van der Waals surface area (Å²) >= 11 is 1.57. The zero-order chi connectivity index (χ0) is 18.8. The van der Waals surface area contributed by atoms with Crippen LogP contribution in [-0.2, 0) is 11.3 Å². The molecule has 2 aromatic rings. The van der Waals surface area contributed by atoms with Gasteiger partial charge in [0.1, 0.15) is 17.1 Å². The Bertz CT molecular complexity index is 810. The monoisotopic (exact) mass is 387 g/mol. The predicted molar refractivity (Wildman–Crippen MR) is 110 cm³/mol. The number of morpholine rings is 1. The highest BCUT2D eigenvalue weighted by molar-refractivity contribution is 8.00. The normalized spacial score (nSPS) is 19.1. The fourth-order valence-electron chi connectivity index (χ4n) is 3.24. The van der Waals surface area contributed by atoms with E-state index in [1.54, 1.807) is 11.8 Å². The molecular formula is C18H25N7OS. The van der Waals surface area contributed by atoms with E-state index in [1.807, 2.05) is 18.3 Å². The van der Waals surface area contributed by atoms with E-state index in [4.69, 9.17) is 15.5 Å². The van der Waals surface area contributed by atoms with E-state index in [0.29, 0.717) is 0 Å². The summed E-state index contributed by atoms with van der Waals surface area (Å²) in [5, 5.41) is 6.55. The molecular weight excluding hydrogens is 362 g/mol. The number of anilines is 4. The molecule has 1 saturated heterocycles. The molecule has 0 spiro atoms. The lowest BCUT2D eigenvalue weighted by molar-refractivity contribution is 0.122. The Balaban J connectivity index is 1.57. The topological polar surface area (TPSA) is 91.6 Å². The van der Waals surface area contributed by atoms with Crippen LogP contribution in [0.25, 0.3) is 0 Å². The molecule has 4 N–H and O–H groups in total. The minimum atomic E-state index is -0.116. The van der Waals surface area contributed by atoms with E-state index in [2.05, 4.69) is 45.6 Å². The van der Waals surface area contributed by atoms with Crippen LogP contribution < -0.4 is 21.3 Å². The number of rotatable bonds is 5. The molecule has 1 unspecified atom stereocenters. The van der Waals surface area contributed by atoms with E-state index < -0.39 is 0 Å². The van der Waals surface area contributed by atoms with Crippen molar-refractivity contribution < 1.29 is 4.74 Å². The zero-order valence-corrected chi connectivity index (χ0v) is 16.4. The maximum Gasteiger partial charge on any atom is 0.133 e. The highest BCUT2D eigenvalue weighted by Crippen LogP contribution is 2.37. The van der Waals surface area contributed by atoms with Crippen molar-refractivity contribution >= 4 is 34.8 Å². The smallest absolute Gasteiger partial charge is 0.133 e. The first-order valence-electron chi connectivity index (χ1n) is 9.02. The molecule has 0 saturated carbocycles. The maximum atomic E-state index is 5.91. The second-order valence-corrected chi connectivity index (χ2v) is 8.06. The standard InChI is InChI=1S/C18H25N7OS/c1-24(2)11-13-14(25-5-7-26-8-6-25)3-4-16(21-13)23-17-9-12-15(10-20-17)27-18(19)22-12/h3-4,9-10,18,22H,5-8,11,19H2,1-2H3,(H,20,21,23). The van der Waals surface area contributed by atoms with Crippen molar-refractivity contribution in [1.82, 2.24) is 14.9 Å². The summed E-state index contributed by atoms with van der Waals surface area (Å²) in [5.41, 5.74) is 9.02. The Morgan fingerprint density at radius 2 is 2.15 bits per heavy atom. The number of pyridine rings is 2. The Morgan fingerprint density at radius 1 is 1.33 bits per heavy atom. The van der Waals surface area contributed by atoms with Gasteiger partial charge in [0.2, 0.25) is 0 Å². The number of nitrogens with one attached hydrogen (secondary N) is 2. The molecule has 1 atom stereocenters. The fraction of sp³-hybridized carbons (Fsp3) is 0.444. The second kappa shape index (κ2) is 7.89. The number of hydrogen-bond donors (Lipinski definition) is 3. The molecule has 4 rings (SSSR count). The lowest BCUT2D eigenvalue weighted by Crippen LogP contribution is -2.37. The molecule has 27 heavy (non-hydrogen) atoms. The van der Waals surface area contributed by atoms with Gasteiger partial charge >= 0.3 is 0 Å². The summed E-state index contributed by atoms with van der Waals surface area (Å²) in [6, 6.07) is 6.11. The van der Waals surface area contributed by atoms with Gasteiger partial charge in [0, 0.05) is 31.9 Å². The number of nitrogens with two attached hydrogens (primary N) is 1. The molecule has 0 radical (unpaired) electrons. The Labute approximate surface area is 163 Å². The number of nitrogens with zero attached hydrogens (tertiary/aromatic N) is 4. The van der Waals surface area contributed by atoms with Gasteiger partial charge in [0.05, 0.1) is 35.2 Å². The average molecular weight is 388 g/mol. The van der Waals surface area contributed by atoms with Gasteiger partial charge in [-0.1, -0.05) is 11.8 Å². The van der Waals surface area contributed by atoms with Gasteiger partial charge in [-0.25, -0.2) is 9.97 Å². The van der Waals surface area contributed by atoms with Crippen LogP contribution in [0, 0.1) is 0 Å². The van der Waals surface area contributed by atoms with E-state index in [-0.39, 0.29) is 5.50 Å². The molecule has 1 fully saturated rings. The second-order valence-electron chi connectivity index (χ2n) is 6.87. The molecule has 0 aromatic carbocycles. The van der Waals surface area contributed by atoms with Crippen molar-refractivity contribution in [3.8, 4) is 0 Å². The largest absolute Gasteiger partial charge is 0.378 e. The van der Waals surface area contributed by atoms with Crippen LogP contribution in [0.2, 0.25) is 0 Å². The summed E-state index contributed by atoms with van der Waals surface area (Å²) in [7, 11) is 4.11. The Hall–Kier alpha value is -2.07. The maximum absolute atomic E-state index is 5.91. The average Bonchev–Trinajstić information content (AvgIpc) is 3.01. The van der Waals surface area contributed by atoms with Gasteiger partial charge < -0.3 is 30.9 Å². The quantitative estimate of drug-likeness (QED) is 0.711. The number of ether oxygens (including phenoxy) is 1. The molecule has 8 nitrogen and oxygen atoms in total. The minimum Gasteiger partial charge on any atom is -0.378 e. The van der Waals surface area contributed by atoms with Crippen molar-refractivity contribution in [3.05, 3.63) is 30.1 Å². The number of thioether (sulfide) groups is 1. The molecule has 0 aliphatic carbocycles. The molecule has 2 aliphatic heterocycles. The third-order valence-electron chi connectivity index (χ3n) is 4.44. The van der Waals surface area contributed by atoms with Gasteiger partial charge in [-0.3, -0.25) is 0 Å². The van der Waals surface area contributed by atoms with Crippen molar-refractivity contribution in [2.45, 2.75) is 16.9 Å². The molecule has 0 bridgehead atoms. The van der Waals surface area contributed by atoms with E-state index >= 15 is 0 Å². The van der Waals surface area contributed by atoms with Gasteiger partial charge in [-0.05, 0) is 26.2 Å². The Morgan fingerprint density at radius 3 is 2.93 bits per heavy atom. The lowest BCUT2D eigenvalue weighted by atomic mass is 10.2. The summed E-state index contributed by atoms with van der Waals surface area (Å²) in [6.07, 6.45) is 1.84. The first-order valence-corrected chi connectivity index (χ1v) is 9.89. The summed E-state index contributed by atoms with van der Waals surface area (Å²) in [5.74, 6) is 1.53. The predicted octanol–water partition coefficient (Wildman–Crippen LogP) is 1.88. The van der Waals surface area contributed by atoms with Crippen LogP contribution >= 0.6 is 11.8 Å². The highest BCUT2D eigenvalue weighted by Gasteiger charge is 2.20. The zero-order valence-electron chi connectivity index (χ0n) is 15.6. The van der Waals surface area contributed by atoms with E-state index in [0.717, 1.165) is 60.8 Å². The fourth-order valence-corrected chi connectivity index (χ4v) is 4.06. The highest BCUT2D eigenvalue weighted by atomic mass is 32.2. The van der Waals surface area contributed by atoms with Crippen LogP contribution in [-0.4, -0.2) is 60.8 Å². The number of aromatic nitrogens is 2. The molecule has 9 heteroatoms. The van der Waals surface area contributed by atoms with Gasteiger partial charge in [-0.2, -0.15) is 0 Å². The third kappa shape index (κ3) is 4.27. The van der Waals surface area contributed by atoms with Crippen LogP contribution in [0.4, 0.5) is 23.0 Å². The molecule has 2 aromatic heterocycles. The Kier molecular flexibility index (Phi) is 5.35. The molecule has 144 valence electrons. The van der Waals surface area contributed by atoms with Crippen LogP contribution in [0.1, 0.15) is 5.69 Å². The molecule has 4 heterocycles. The van der Waals surface area contributed by atoms with Gasteiger partial charge in [0.15, 0.2) is 0 Å². The number of hydrogen-bond acceptors (Lipinski definition) is 9. The molecule has 2 aliphatic rings. The van der Waals surface area contributed by atoms with Gasteiger partial charge in [-0.15, -0.1) is 0 Å². The van der Waals surface area contributed by atoms with Crippen LogP contribution in [0.3, 0.4) is 0 Å². The SMILES string of the molecule is CN(C)Cc1nc(Nc2cc3c(cn2)SC(N)N3)ccc1N1CCOCC1. The lowest BCUT2D eigenvalue weighted by Gasteiger charge is -2.31. The van der Waals surface area contributed by atoms with Crippen molar-refractivity contribution in [2.24, 2.45) is 5.73 Å². The first kappa shape index (κ1) is 18.3. The van der Waals surface area contributed by atoms with Crippen molar-refractivity contribution in [2.75, 3.05) is 55.9 Å². The van der Waals surface area contributed by atoms with Crippen molar-refractivity contribution in [3.63, 3.8) is 0 Å². The summed E-state index contributed by atoms with van der Waals surface area (Å²) in [4.78, 5) is 14.9. The van der Waals surface area contributed by atoms with E-state index in [1.165, 1.54) is 5.69 Å². The van der Waals surface area contributed by atoms with Gasteiger partial charge in [0.25, 0.3) is 0 Å². The summed E-state index contributed by atoms with van der Waals surface area (Å²) < 4.78 is 5.48. The van der Waals surface area contributed by atoms with E-state index in [9.17, 15) is 0 Å². The van der Waals surface area contributed by atoms with Crippen LogP contribution in [0.5, 0.6) is 0 Å². The number of fused-ring (bicyclic) bond motifs is 1. The summed E-state index contributed by atoms with van der Waals surface area (Å²) in [6.45, 7) is 4.07. The first-order chi connectivity index (χ1) is 13.1. The molecule has 0 amide bonds. The van der Waals surface area contributed by atoms with Crippen LogP contribution in [0.15, 0.2) is 29.3 Å². The minimum absolute atomic E-state index is 0.116. The third-order valence-corrected chi connectivity index (χ3v) is 5.39. The van der Waals surface area contributed by atoms with Crippen molar-refractivity contribution in [1.29, 1.82) is 0 Å².